The molecule has 0 spiro atoms. The van der Waals surface area contributed by atoms with Crippen molar-refractivity contribution >= 4 is 22.3 Å². The van der Waals surface area contributed by atoms with Crippen LogP contribution in [0.2, 0.25) is 0 Å². The molecule has 22 heavy (non-hydrogen) atoms. The van der Waals surface area contributed by atoms with E-state index >= 15 is 0 Å². The monoisotopic (exact) mass is 318 g/mol. The van der Waals surface area contributed by atoms with E-state index in [1.54, 1.807) is 12.1 Å². The standard InChI is InChI=1S/C16H15FN2O2S/c1-9(2)7-13-14(15(20)21)22-16-18-12(8-19(13)16)10-3-5-11(17)6-4-10/h3-6,8-9H,7H2,1-2H3,(H,20,21). The number of hydrogen-bond acceptors (Lipinski definition) is 3. The number of rotatable bonds is 4. The molecule has 0 atom stereocenters. The Hall–Kier alpha value is -2.21. The molecule has 2 aromatic heterocycles. The number of nitrogens with zero attached hydrogens (tertiary/aromatic N) is 2. The Balaban J connectivity index is 2.12. The van der Waals surface area contributed by atoms with E-state index in [1.807, 2.05) is 24.4 Å². The third-order valence-electron chi connectivity index (χ3n) is 3.36. The molecule has 1 aromatic carbocycles. The number of carbonyl (C=O) groups is 1. The molecule has 0 amide bonds. The highest BCUT2D eigenvalue weighted by atomic mass is 32.1. The summed E-state index contributed by atoms with van der Waals surface area (Å²) in [6.45, 7) is 4.10. The van der Waals surface area contributed by atoms with Crippen LogP contribution in [0.4, 0.5) is 4.39 Å². The van der Waals surface area contributed by atoms with Gasteiger partial charge in [-0.1, -0.05) is 25.2 Å². The van der Waals surface area contributed by atoms with E-state index in [4.69, 9.17) is 0 Å². The number of carboxylic acids is 1. The molecule has 0 radical (unpaired) electrons. The Morgan fingerprint density at radius 3 is 2.64 bits per heavy atom. The van der Waals surface area contributed by atoms with Gasteiger partial charge in [-0.2, -0.15) is 0 Å². The van der Waals surface area contributed by atoms with Crippen LogP contribution in [0.5, 0.6) is 0 Å². The molecule has 0 aliphatic heterocycles. The zero-order valence-electron chi connectivity index (χ0n) is 12.2. The van der Waals surface area contributed by atoms with Gasteiger partial charge in [-0.3, -0.25) is 4.40 Å². The van der Waals surface area contributed by atoms with Crippen LogP contribution in [0.3, 0.4) is 0 Å². The van der Waals surface area contributed by atoms with Crippen LogP contribution >= 0.6 is 11.3 Å². The van der Waals surface area contributed by atoms with Crippen molar-refractivity contribution in [2.24, 2.45) is 5.92 Å². The third kappa shape index (κ3) is 2.62. The fourth-order valence-corrected chi connectivity index (χ4v) is 3.37. The van der Waals surface area contributed by atoms with Gasteiger partial charge in [0, 0.05) is 17.5 Å². The Bertz CT molecular complexity index is 834. The van der Waals surface area contributed by atoms with Crippen molar-refractivity contribution in [3.63, 3.8) is 0 Å². The largest absolute Gasteiger partial charge is 0.477 e. The Morgan fingerprint density at radius 1 is 1.36 bits per heavy atom. The molecule has 0 aliphatic carbocycles. The molecule has 0 fully saturated rings. The molecule has 1 N–H and O–H groups in total. The predicted molar refractivity (Wildman–Crippen MR) is 84.0 cm³/mol. The van der Waals surface area contributed by atoms with Crippen molar-refractivity contribution in [1.29, 1.82) is 0 Å². The fraction of sp³-hybridized carbons (Fsp3) is 0.250. The lowest BCUT2D eigenvalue weighted by Crippen LogP contribution is -2.04. The van der Waals surface area contributed by atoms with Crippen molar-refractivity contribution in [3.8, 4) is 11.3 Å². The number of thiazole rings is 1. The van der Waals surface area contributed by atoms with Gasteiger partial charge in [-0.15, -0.1) is 0 Å². The highest BCUT2D eigenvalue weighted by Crippen LogP contribution is 2.29. The minimum Gasteiger partial charge on any atom is -0.477 e. The molecule has 114 valence electrons. The minimum absolute atomic E-state index is 0.293. The number of fused-ring (bicyclic) bond motifs is 1. The molecular formula is C16H15FN2O2S. The summed E-state index contributed by atoms with van der Waals surface area (Å²) in [5.41, 5.74) is 2.29. The molecular weight excluding hydrogens is 303 g/mol. The second kappa shape index (κ2) is 5.53. The van der Waals surface area contributed by atoms with Crippen LogP contribution in [0, 0.1) is 11.7 Å². The molecule has 0 unspecified atom stereocenters. The first-order valence-corrected chi connectivity index (χ1v) is 7.77. The second-order valence-electron chi connectivity index (χ2n) is 5.57. The summed E-state index contributed by atoms with van der Waals surface area (Å²) in [5, 5.41) is 9.34. The van der Waals surface area contributed by atoms with Gasteiger partial charge in [0.2, 0.25) is 0 Å². The van der Waals surface area contributed by atoms with Gasteiger partial charge in [0.1, 0.15) is 10.7 Å². The first kappa shape index (κ1) is 14.7. The van der Waals surface area contributed by atoms with Gasteiger partial charge in [0.15, 0.2) is 4.96 Å². The Labute approximate surface area is 130 Å². The number of aromatic nitrogens is 2. The molecule has 0 saturated heterocycles. The van der Waals surface area contributed by atoms with Crippen molar-refractivity contribution in [2.45, 2.75) is 20.3 Å². The average Bonchev–Trinajstić information content (AvgIpc) is 2.99. The lowest BCUT2D eigenvalue weighted by Gasteiger charge is -2.05. The van der Waals surface area contributed by atoms with Crippen molar-refractivity contribution < 1.29 is 14.3 Å². The smallest absolute Gasteiger partial charge is 0.347 e. The van der Waals surface area contributed by atoms with E-state index in [0.717, 1.165) is 11.3 Å². The number of carboxylic acid groups (broad SMARTS) is 1. The van der Waals surface area contributed by atoms with E-state index in [-0.39, 0.29) is 5.82 Å². The molecule has 4 nitrogen and oxygen atoms in total. The Morgan fingerprint density at radius 2 is 2.05 bits per heavy atom. The number of benzene rings is 1. The third-order valence-corrected chi connectivity index (χ3v) is 4.44. The normalized spacial score (nSPS) is 11.5. The van der Waals surface area contributed by atoms with Gasteiger partial charge < -0.3 is 5.11 Å². The lowest BCUT2D eigenvalue weighted by atomic mass is 10.1. The van der Waals surface area contributed by atoms with Crippen LogP contribution in [-0.2, 0) is 6.42 Å². The van der Waals surface area contributed by atoms with Crippen LogP contribution in [0.25, 0.3) is 16.2 Å². The quantitative estimate of drug-likeness (QED) is 0.788. The SMILES string of the molecule is CC(C)Cc1c(C(=O)O)sc2nc(-c3ccc(F)cc3)cn12. The average molecular weight is 318 g/mol. The van der Waals surface area contributed by atoms with Crippen LogP contribution in [-0.4, -0.2) is 20.5 Å². The first-order chi connectivity index (χ1) is 10.5. The second-order valence-corrected chi connectivity index (χ2v) is 6.54. The van der Waals surface area contributed by atoms with E-state index in [1.165, 1.54) is 23.5 Å². The van der Waals surface area contributed by atoms with E-state index in [9.17, 15) is 14.3 Å². The summed E-state index contributed by atoms with van der Waals surface area (Å²) in [6.07, 6.45) is 2.49. The zero-order valence-corrected chi connectivity index (χ0v) is 13.0. The van der Waals surface area contributed by atoms with E-state index in [0.29, 0.717) is 27.9 Å². The Kier molecular flexibility index (Phi) is 3.70. The predicted octanol–water partition coefficient (Wildman–Crippen LogP) is 4.10. The maximum Gasteiger partial charge on any atom is 0.347 e. The van der Waals surface area contributed by atoms with Gasteiger partial charge in [-0.05, 0) is 36.6 Å². The van der Waals surface area contributed by atoms with Crippen molar-refractivity contribution in [3.05, 3.63) is 46.9 Å². The summed E-state index contributed by atoms with van der Waals surface area (Å²) in [7, 11) is 0. The van der Waals surface area contributed by atoms with Gasteiger partial charge >= 0.3 is 5.97 Å². The van der Waals surface area contributed by atoms with Gasteiger partial charge in [0.05, 0.1) is 5.69 Å². The molecule has 0 aliphatic rings. The number of aromatic carboxylic acids is 1. The highest BCUT2D eigenvalue weighted by Gasteiger charge is 2.20. The van der Waals surface area contributed by atoms with Gasteiger partial charge in [-0.25, -0.2) is 14.2 Å². The molecule has 0 saturated carbocycles. The van der Waals surface area contributed by atoms with Crippen LogP contribution in [0.15, 0.2) is 30.5 Å². The summed E-state index contributed by atoms with van der Waals surface area (Å²) in [5.74, 6) is -0.875. The fourth-order valence-electron chi connectivity index (χ4n) is 2.39. The maximum absolute atomic E-state index is 13.0. The summed E-state index contributed by atoms with van der Waals surface area (Å²) in [6, 6.07) is 6.12. The van der Waals surface area contributed by atoms with Crippen LogP contribution < -0.4 is 0 Å². The number of halogens is 1. The summed E-state index contributed by atoms with van der Waals surface area (Å²) in [4.78, 5) is 16.9. The minimum atomic E-state index is -0.922. The number of imidazole rings is 1. The van der Waals surface area contributed by atoms with Crippen LogP contribution in [0.1, 0.15) is 29.2 Å². The maximum atomic E-state index is 13.0. The summed E-state index contributed by atoms with van der Waals surface area (Å²) >= 11 is 1.17. The summed E-state index contributed by atoms with van der Waals surface area (Å²) < 4.78 is 14.8. The van der Waals surface area contributed by atoms with Crippen molar-refractivity contribution in [2.75, 3.05) is 0 Å². The topological polar surface area (TPSA) is 54.6 Å². The first-order valence-electron chi connectivity index (χ1n) is 6.95. The van der Waals surface area contributed by atoms with Gasteiger partial charge in [0.25, 0.3) is 0 Å². The van der Waals surface area contributed by atoms with E-state index < -0.39 is 5.97 Å². The molecule has 2 heterocycles. The molecule has 3 rings (SSSR count). The van der Waals surface area contributed by atoms with Crippen molar-refractivity contribution in [1.82, 2.24) is 9.38 Å². The number of hydrogen-bond donors (Lipinski definition) is 1. The molecule has 0 bridgehead atoms. The lowest BCUT2D eigenvalue weighted by molar-refractivity contribution is 0.0700. The highest BCUT2D eigenvalue weighted by molar-refractivity contribution is 7.19. The zero-order chi connectivity index (χ0) is 15.9. The molecule has 6 heteroatoms. The van der Waals surface area contributed by atoms with E-state index in [2.05, 4.69) is 4.98 Å². The molecule has 3 aromatic rings.